The molecule has 1 heterocycles. The van der Waals surface area contributed by atoms with Crippen molar-refractivity contribution in [1.82, 2.24) is 4.90 Å². The number of carbonyl (C=O) groups excluding carboxylic acids is 1. The maximum absolute atomic E-state index is 13.8. The minimum atomic E-state index is -0.209. The zero-order valence-corrected chi connectivity index (χ0v) is 12.8. The number of anilines is 1. The third-order valence-electron chi connectivity index (χ3n) is 4.09. The molecule has 0 spiro atoms. The molecule has 1 aliphatic rings. The molecule has 2 rings (SSSR count). The SMILES string of the molecule is CC(C)C(N)CC(=O)N1CCN(c2ccccc2F)CC1. The molecule has 1 aromatic rings. The predicted octanol–water partition coefficient (Wildman–Crippen LogP) is 1.85. The molecule has 1 unspecified atom stereocenters. The van der Waals surface area contributed by atoms with Gasteiger partial charge in [0.2, 0.25) is 5.91 Å². The van der Waals surface area contributed by atoms with Crippen LogP contribution in [-0.4, -0.2) is 43.0 Å². The number of piperazine rings is 1. The highest BCUT2D eigenvalue weighted by Crippen LogP contribution is 2.20. The Morgan fingerprint density at radius 2 is 1.86 bits per heavy atom. The largest absolute Gasteiger partial charge is 0.366 e. The van der Waals surface area contributed by atoms with Crippen LogP contribution in [0.3, 0.4) is 0 Å². The molecule has 5 heteroatoms. The number of nitrogens with two attached hydrogens (primary N) is 1. The summed E-state index contributed by atoms with van der Waals surface area (Å²) >= 11 is 0. The third-order valence-corrected chi connectivity index (χ3v) is 4.09. The van der Waals surface area contributed by atoms with Gasteiger partial charge in [-0.15, -0.1) is 0 Å². The Labute approximate surface area is 125 Å². The minimum Gasteiger partial charge on any atom is -0.366 e. The molecule has 2 N–H and O–H groups in total. The number of rotatable bonds is 4. The molecule has 1 aromatic carbocycles. The Kier molecular flexibility index (Phi) is 5.17. The van der Waals surface area contributed by atoms with Gasteiger partial charge in [-0.3, -0.25) is 4.79 Å². The molecule has 0 aliphatic carbocycles. The number of hydrogen-bond donors (Lipinski definition) is 1. The third kappa shape index (κ3) is 3.94. The molecule has 0 aromatic heterocycles. The van der Waals surface area contributed by atoms with E-state index in [1.165, 1.54) is 6.07 Å². The van der Waals surface area contributed by atoms with Gasteiger partial charge in [0.05, 0.1) is 5.69 Å². The summed E-state index contributed by atoms with van der Waals surface area (Å²) in [7, 11) is 0. The van der Waals surface area contributed by atoms with Gasteiger partial charge in [0.25, 0.3) is 0 Å². The van der Waals surface area contributed by atoms with Crippen molar-refractivity contribution in [1.29, 1.82) is 0 Å². The van der Waals surface area contributed by atoms with Gasteiger partial charge in [-0.1, -0.05) is 26.0 Å². The van der Waals surface area contributed by atoms with Crippen molar-refractivity contribution in [3.05, 3.63) is 30.1 Å². The lowest BCUT2D eigenvalue weighted by atomic mass is 10.0. The van der Waals surface area contributed by atoms with Crippen LogP contribution >= 0.6 is 0 Å². The van der Waals surface area contributed by atoms with Crippen LogP contribution < -0.4 is 10.6 Å². The smallest absolute Gasteiger partial charge is 0.224 e. The maximum Gasteiger partial charge on any atom is 0.224 e. The molecule has 1 amide bonds. The van der Waals surface area contributed by atoms with E-state index in [4.69, 9.17) is 5.73 Å². The van der Waals surface area contributed by atoms with Crippen LogP contribution in [-0.2, 0) is 4.79 Å². The quantitative estimate of drug-likeness (QED) is 0.921. The summed E-state index contributed by atoms with van der Waals surface area (Å²) in [4.78, 5) is 16.0. The monoisotopic (exact) mass is 293 g/mol. The van der Waals surface area contributed by atoms with Crippen LogP contribution in [0.1, 0.15) is 20.3 Å². The second-order valence-electron chi connectivity index (χ2n) is 5.93. The van der Waals surface area contributed by atoms with Crippen molar-refractivity contribution in [3.8, 4) is 0 Å². The second-order valence-corrected chi connectivity index (χ2v) is 5.93. The predicted molar refractivity (Wildman–Crippen MR) is 82.6 cm³/mol. The molecule has 1 fully saturated rings. The summed E-state index contributed by atoms with van der Waals surface area (Å²) in [6, 6.07) is 6.67. The lowest BCUT2D eigenvalue weighted by molar-refractivity contribution is -0.132. The van der Waals surface area contributed by atoms with Crippen molar-refractivity contribution >= 4 is 11.6 Å². The van der Waals surface area contributed by atoms with E-state index in [9.17, 15) is 9.18 Å². The number of nitrogens with zero attached hydrogens (tertiary/aromatic N) is 2. The van der Waals surface area contributed by atoms with Crippen molar-refractivity contribution in [3.63, 3.8) is 0 Å². The molecule has 1 saturated heterocycles. The van der Waals surface area contributed by atoms with E-state index in [1.807, 2.05) is 29.7 Å². The fourth-order valence-electron chi connectivity index (χ4n) is 2.47. The van der Waals surface area contributed by atoms with Gasteiger partial charge in [-0.2, -0.15) is 0 Å². The Bertz CT molecular complexity index is 484. The fourth-order valence-corrected chi connectivity index (χ4v) is 2.47. The van der Waals surface area contributed by atoms with Crippen LogP contribution in [0, 0.1) is 11.7 Å². The van der Waals surface area contributed by atoms with Crippen molar-refractivity contribution in [2.24, 2.45) is 11.7 Å². The fraction of sp³-hybridized carbons (Fsp3) is 0.562. The summed E-state index contributed by atoms with van der Waals surface area (Å²) in [5.41, 5.74) is 6.57. The van der Waals surface area contributed by atoms with E-state index in [0.717, 1.165) is 0 Å². The second kappa shape index (κ2) is 6.89. The molecule has 0 saturated carbocycles. The summed E-state index contributed by atoms with van der Waals surface area (Å²) < 4.78 is 13.8. The normalized spacial score (nSPS) is 17.2. The maximum atomic E-state index is 13.8. The molecular formula is C16H24FN3O. The van der Waals surface area contributed by atoms with Gasteiger partial charge in [-0.25, -0.2) is 4.39 Å². The molecule has 4 nitrogen and oxygen atoms in total. The van der Waals surface area contributed by atoms with Gasteiger partial charge >= 0.3 is 0 Å². The molecule has 0 radical (unpaired) electrons. The highest BCUT2D eigenvalue weighted by Gasteiger charge is 2.24. The Balaban J connectivity index is 1.89. The van der Waals surface area contributed by atoms with E-state index in [0.29, 0.717) is 44.2 Å². The lowest BCUT2D eigenvalue weighted by Crippen LogP contribution is -2.50. The van der Waals surface area contributed by atoms with Crippen molar-refractivity contribution in [2.75, 3.05) is 31.1 Å². The van der Waals surface area contributed by atoms with Gasteiger partial charge < -0.3 is 15.5 Å². The highest BCUT2D eigenvalue weighted by atomic mass is 19.1. The number of para-hydroxylation sites is 1. The van der Waals surface area contributed by atoms with E-state index < -0.39 is 0 Å². The molecular weight excluding hydrogens is 269 g/mol. The zero-order chi connectivity index (χ0) is 15.4. The van der Waals surface area contributed by atoms with Crippen molar-refractivity contribution in [2.45, 2.75) is 26.3 Å². The summed E-state index contributed by atoms with van der Waals surface area (Å²) in [5, 5.41) is 0. The van der Waals surface area contributed by atoms with Crippen molar-refractivity contribution < 1.29 is 9.18 Å². The van der Waals surface area contributed by atoms with Crippen LogP contribution in [0.25, 0.3) is 0 Å². The topological polar surface area (TPSA) is 49.6 Å². The molecule has 0 bridgehead atoms. The van der Waals surface area contributed by atoms with Gasteiger partial charge in [0.1, 0.15) is 5.82 Å². The van der Waals surface area contributed by atoms with E-state index in [-0.39, 0.29) is 17.8 Å². The number of carbonyl (C=O) groups is 1. The number of amides is 1. The Hall–Kier alpha value is -1.62. The number of benzene rings is 1. The molecule has 21 heavy (non-hydrogen) atoms. The Morgan fingerprint density at radius 3 is 2.43 bits per heavy atom. The number of halogens is 1. The lowest BCUT2D eigenvalue weighted by Gasteiger charge is -2.36. The van der Waals surface area contributed by atoms with Crippen LogP contribution in [0.2, 0.25) is 0 Å². The first-order chi connectivity index (χ1) is 9.99. The van der Waals surface area contributed by atoms with Crippen LogP contribution in [0.15, 0.2) is 24.3 Å². The van der Waals surface area contributed by atoms with Crippen LogP contribution in [0.4, 0.5) is 10.1 Å². The number of hydrogen-bond acceptors (Lipinski definition) is 3. The summed E-state index contributed by atoms with van der Waals surface area (Å²) in [6.07, 6.45) is 0.386. The average molecular weight is 293 g/mol. The van der Waals surface area contributed by atoms with Gasteiger partial charge in [0, 0.05) is 38.6 Å². The minimum absolute atomic E-state index is 0.0953. The molecule has 1 atom stereocenters. The average Bonchev–Trinajstić information content (AvgIpc) is 2.47. The van der Waals surface area contributed by atoms with E-state index in [2.05, 4.69) is 0 Å². The highest BCUT2D eigenvalue weighted by molar-refractivity contribution is 5.77. The van der Waals surface area contributed by atoms with Gasteiger partial charge in [0.15, 0.2) is 0 Å². The van der Waals surface area contributed by atoms with Gasteiger partial charge in [-0.05, 0) is 18.1 Å². The van der Waals surface area contributed by atoms with E-state index >= 15 is 0 Å². The Morgan fingerprint density at radius 1 is 1.24 bits per heavy atom. The molecule has 1 aliphatic heterocycles. The zero-order valence-electron chi connectivity index (χ0n) is 12.8. The summed E-state index contributed by atoms with van der Waals surface area (Å²) in [6.45, 7) is 6.60. The molecule has 116 valence electrons. The van der Waals surface area contributed by atoms with Crippen LogP contribution in [0.5, 0.6) is 0 Å². The first kappa shape index (κ1) is 15.8. The first-order valence-electron chi connectivity index (χ1n) is 7.52. The van der Waals surface area contributed by atoms with E-state index in [1.54, 1.807) is 12.1 Å². The standard InChI is InChI=1S/C16H24FN3O/c1-12(2)14(18)11-16(21)20-9-7-19(8-10-20)15-6-4-3-5-13(15)17/h3-6,12,14H,7-11,18H2,1-2H3. The summed E-state index contributed by atoms with van der Waals surface area (Å²) in [5.74, 6) is 0.192. The first-order valence-corrected chi connectivity index (χ1v) is 7.52.